The van der Waals surface area contributed by atoms with Crippen LogP contribution < -0.4 is 5.06 Å². The average Bonchev–Trinajstić information content (AvgIpc) is 2.73. The molecule has 1 saturated heterocycles. The van der Waals surface area contributed by atoms with Crippen LogP contribution in [0, 0.1) is 10.6 Å². The highest BCUT2D eigenvalue weighted by atomic mass is 35.5. The van der Waals surface area contributed by atoms with Gasteiger partial charge in [0.25, 0.3) is 0 Å². The monoisotopic (exact) mass is 354 g/mol. The molecule has 4 rings (SSSR count). The van der Waals surface area contributed by atoms with E-state index in [4.69, 9.17) is 11.6 Å². The van der Waals surface area contributed by atoms with Gasteiger partial charge in [0, 0.05) is 22.1 Å². The highest BCUT2D eigenvalue weighted by molar-refractivity contribution is 6.30. The van der Waals surface area contributed by atoms with Crippen molar-refractivity contribution in [1.82, 2.24) is 4.90 Å². The molecule has 1 N–H and O–H groups in total. The van der Waals surface area contributed by atoms with Gasteiger partial charge in [-0.3, -0.25) is 0 Å². The van der Waals surface area contributed by atoms with Gasteiger partial charge in [-0.15, -0.1) is 0 Å². The van der Waals surface area contributed by atoms with Crippen LogP contribution in [0.25, 0.3) is 5.57 Å². The number of nitrogens with zero attached hydrogens (tertiary/aromatic N) is 1. The Morgan fingerprint density at radius 1 is 1.08 bits per heavy atom. The molecule has 1 fully saturated rings. The molecule has 0 bridgehead atoms. The number of rotatable bonds is 1. The lowest BCUT2D eigenvalue weighted by Gasteiger charge is -2.40. The average molecular weight is 355 g/mol. The van der Waals surface area contributed by atoms with Crippen LogP contribution in [0.5, 0.6) is 0 Å². The quantitative estimate of drug-likeness (QED) is 0.794. The summed E-state index contributed by atoms with van der Waals surface area (Å²) in [6.45, 7) is 2.65. The molecule has 4 heteroatoms. The predicted molar refractivity (Wildman–Crippen MR) is 103 cm³/mol. The molecule has 2 aromatic carbocycles. The van der Waals surface area contributed by atoms with Crippen molar-refractivity contribution in [2.45, 2.75) is 12.8 Å². The number of quaternary nitrogens is 1. The highest BCUT2D eigenvalue weighted by Crippen LogP contribution is 2.40. The van der Waals surface area contributed by atoms with Crippen molar-refractivity contribution in [3.05, 3.63) is 76.0 Å². The Labute approximate surface area is 154 Å². The largest absolute Gasteiger partial charge is 0.629 e. The molecular weight excluding hydrogens is 332 g/mol. The van der Waals surface area contributed by atoms with Gasteiger partial charge < -0.3 is 15.2 Å². The van der Waals surface area contributed by atoms with E-state index in [-0.39, 0.29) is 10.5 Å². The molecule has 1 unspecified atom stereocenters. The van der Waals surface area contributed by atoms with E-state index in [1.807, 2.05) is 24.3 Å². The summed E-state index contributed by atoms with van der Waals surface area (Å²) in [5, 5.41) is 14.0. The molecule has 3 nitrogen and oxygen atoms in total. The van der Waals surface area contributed by atoms with Gasteiger partial charge in [0.05, 0.1) is 6.54 Å². The predicted octanol–water partition coefficient (Wildman–Crippen LogP) is 3.51. The Kier molecular flexibility index (Phi) is 4.42. The molecule has 0 radical (unpaired) electrons. The normalized spacial score (nSPS) is 23.0. The van der Waals surface area contributed by atoms with Crippen molar-refractivity contribution in [2.75, 3.05) is 26.7 Å². The summed E-state index contributed by atoms with van der Waals surface area (Å²) in [5.41, 5.74) is 4.02. The van der Waals surface area contributed by atoms with Crippen LogP contribution >= 0.6 is 11.6 Å². The minimum absolute atomic E-state index is 0.0553. The maximum Gasteiger partial charge on any atom is 0.139 e. The first-order chi connectivity index (χ1) is 12.1. The smallest absolute Gasteiger partial charge is 0.139 e. The van der Waals surface area contributed by atoms with E-state index in [0.717, 1.165) is 48.3 Å². The second-order valence-corrected chi connectivity index (χ2v) is 7.82. The lowest BCUT2D eigenvalue weighted by Crippen LogP contribution is -3.03. The number of fused-ring (bicyclic) bond motifs is 1. The van der Waals surface area contributed by atoms with Crippen LogP contribution in [-0.4, -0.2) is 31.6 Å². The van der Waals surface area contributed by atoms with E-state index in [0.29, 0.717) is 11.6 Å². The van der Waals surface area contributed by atoms with Gasteiger partial charge in [-0.05, 0) is 56.2 Å². The van der Waals surface area contributed by atoms with Gasteiger partial charge in [0.1, 0.15) is 5.69 Å². The van der Waals surface area contributed by atoms with Crippen LogP contribution in [0.15, 0.2) is 54.6 Å². The van der Waals surface area contributed by atoms with E-state index >= 15 is 0 Å². The molecule has 0 amide bonds. The first-order valence-corrected chi connectivity index (χ1v) is 9.24. The first-order valence-electron chi connectivity index (χ1n) is 8.86. The summed E-state index contributed by atoms with van der Waals surface area (Å²) in [6, 6.07) is 16.0. The molecule has 0 aromatic heterocycles. The minimum Gasteiger partial charge on any atom is -0.629 e. The fourth-order valence-electron chi connectivity index (χ4n) is 4.07. The molecule has 2 aliphatic rings. The third-order valence-electron chi connectivity index (χ3n) is 5.60. The molecule has 2 aliphatic heterocycles. The van der Waals surface area contributed by atoms with Crippen LogP contribution in [0.3, 0.4) is 0 Å². The fourth-order valence-corrected chi connectivity index (χ4v) is 4.25. The molecule has 1 spiro atoms. The van der Waals surface area contributed by atoms with Crippen molar-refractivity contribution >= 4 is 22.9 Å². The number of piperidine rings is 1. The zero-order valence-corrected chi connectivity index (χ0v) is 15.2. The van der Waals surface area contributed by atoms with Crippen molar-refractivity contribution in [3.63, 3.8) is 0 Å². The summed E-state index contributed by atoms with van der Waals surface area (Å²) in [4.78, 5) is 2.35. The molecule has 2 heterocycles. The summed E-state index contributed by atoms with van der Waals surface area (Å²) in [6.07, 6.45) is 4.41. The van der Waals surface area contributed by atoms with Crippen molar-refractivity contribution < 1.29 is 5.06 Å². The van der Waals surface area contributed by atoms with Gasteiger partial charge in [-0.2, -0.15) is 0 Å². The van der Waals surface area contributed by atoms with Gasteiger partial charge >= 0.3 is 0 Å². The molecule has 130 valence electrons. The Morgan fingerprint density at radius 3 is 2.52 bits per heavy atom. The van der Waals surface area contributed by atoms with Crippen LogP contribution in [0.1, 0.15) is 24.0 Å². The topological polar surface area (TPSA) is 30.7 Å². The zero-order valence-electron chi connectivity index (χ0n) is 14.5. The Hall–Kier alpha value is -1.65. The fraction of sp³-hybridized carbons (Fsp3) is 0.333. The number of hydrogen-bond donors (Lipinski definition) is 1. The SMILES string of the molecule is CN1CCC2(C=C(c3ccccc3)c3cc(Cl)ccc3[NH+]([O-])C2)CC1. The summed E-state index contributed by atoms with van der Waals surface area (Å²) in [7, 11) is 2.15. The summed E-state index contributed by atoms with van der Waals surface area (Å²) < 4.78 is 0. The Bertz CT molecular complexity index is 795. The van der Waals surface area contributed by atoms with E-state index in [1.54, 1.807) is 0 Å². The number of halogens is 1. The number of nitrogens with one attached hydrogen (secondary N) is 1. The van der Waals surface area contributed by atoms with Gasteiger partial charge in [0.15, 0.2) is 0 Å². The maximum atomic E-state index is 13.1. The highest BCUT2D eigenvalue weighted by Gasteiger charge is 2.38. The maximum absolute atomic E-state index is 13.1. The van der Waals surface area contributed by atoms with Crippen LogP contribution in [-0.2, 0) is 0 Å². The van der Waals surface area contributed by atoms with Gasteiger partial charge in [-0.25, -0.2) is 0 Å². The van der Waals surface area contributed by atoms with Gasteiger partial charge in [-0.1, -0.05) is 48.0 Å². The second kappa shape index (κ2) is 6.58. The van der Waals surface area contributed by atoms with E-state index in [9.17, 15) is 5.21 Å². The Balaban J connectivity index is 1.89. The van der Waals surface area contributed by atoms with Crippen molar-refractivity contribution in [2.24, 2.45) is 5.41 Å². The van der Waals surface area contributed by atoms with E-state index in [2.05, 4.69) is 42.3 Å². The summed E-state index contributed by atoms with van der Waals surface area (Å²) >= 11 is 6.28. The number of hydrogen-bond acceptors (Lipinski definition) is 2. The number of hydroxylamine groups is 1. The third kappa shape index (κ3) is 3.25. The number of benzene rings is 2. The van der Waals surface area contributed by atoms with Crippen LogP contribution in [0.4, 0.5) is 5.69 Å². The Morgan fingerprint density at radius 2 is 1.80 bits per heavy atom. The van der Waals surface area contributed by atoms with Crippen LogP contribution in [0.2, 0.25) is 5.02 Å². The van der Waals surface area contributed by atoms with E-state index in [1.165, 1.54) is 0 Å². The lowest BCUT2D eigenvalue weighted by atomic mass is 9.76. The summed E-state index contributed by atoms with van der Waals surface area (Å²) in [5.74, 6) is 0. The number of likely N-dealkylation sites (tertiary alicyclic amines) is 1. The van der Waals surface area contributed by atoms with Gasteiger partial charge in [0.2, 0.25) is 0 Å². The first kappa shape index (κ1) is 16.8. The molecule has 1 atom stereocenters. The molecule has 25 heavy (non-hydrogen) atoms. The second-order valence-electron chi connectivity index (χ2n) is 7.38. The van der Waals surface area contributed by atoms with Crippen molar-refractivity contribution in [1.29, 1.82) is 0 Å². The molecule has 0 saturated carbocycles. The molecular formula is C21H23ClN2O. The van der Waals surface area contributed by atoms with Crippen molar-refractivity contribution in [3.8, 4) is 0 Å². The molecule has 2 aromatic rings. The lowest BCUT2D eigenvalue weighted by molar-refractivity contribution is -0.784. The standard InChI is InChI=1S/C21H23ClN2O/c1-23-11-9-21(10-12-23)14-19(16-5-3-2-4-6-16)18-13-17(22)7-8-20(18)24(25)15-21/h2-8,13-14,24H,9-12,15H2,1H3. The minimum atomic E-state index is -0.0553. The zero-order chi connectivity index (χ0) is 17.4. The third-order valence-corrected chi connectivity index (χ3v) is 5.84. The van der Waals surface area contributed by atoms with E-state index < -0.39 is 0 Å². The molecule has 0 aliphatic carbocycles.